The average Bonchev–Trinajstić information content (AvgIpc) is 3.26. The van der Waals surface area contributed by atoms with Gasteiger partial charge in [-0.15, -0.1) is 0 Å². The maximum Gasteiger partial charge on any atom is 0.319 e. The van der Waals surface area contributed by atoms with E-state index in [4.69, 9.17) is 4.74 Å². The average molecular weight is 645 g/mol. The van der Waals surface area contributed by atoms with E-state index in [1.165, 1.54) is 63.4 Å². The van der Waals surface area contributed by atoms with Crippen molar-refractivity contribution in [1.82, 2.24) is 0 Å². The lowest BCUT2D eigenvalue weighted by atomic mass is 9.47. The molecule has 5 rings (SSSR count). The van der Waals surface area contributed by atoms with Gasteiger partial charge in [-0.25, -0.2) is 0 Å². The predicted molar refractivity (Wildman–Crippen MR) is 171 cm³/mol. The Balaban J connectivity index is 1.21. The fourth-order valence-electron chi connectivity index (χ4n) is 9.90. The maximum absolute atomic E-state index is 13.0. The Labute approximate surface area is 252 Å². The normalized spacial score (nSPS) is 37.3. The van der Waals surface area contributed by atoms with Gasteiger partial charge in [0.25, 0.3) is 0 Å². The van der Waals surface area contributed by atoms with Crippen LogP contribution in [-0.2, 0) is 16.0 Å². The van der Waals surface area contributed by atoms with Gasteiger partial charge in [0.05, 0.1) is 0 Å². The molecule has 0 saturated heterocycles. The second-order valence-corrected chi connectivity index (χ2v) is 16.3. The molecule has 3 fully saturated rings. The summed E-state index contributed by atoms with van der Waals surface area (Å²) in [5.74, 6) is 5.16. The first-order valence-electron chi connectivity index (χ1n) is 16.2. The van der Waals surface area contributed by atoms with E-state index in [-0.39, 0.29) is 16.0 Å². The topological polar surface area (TPSA) is 26.3 Å². The molecule has 1 aromatic carbocycles. The number of rotatable bonds is 9. The number of benzene rings is 1. The molecule has 39 heavy (non-hydrogen) atoms. The quantitative estimate of drug-likeness (QED) is 0.116. The van der Waals surface area contributed by atoms with Gasteiger partial charge < -0.3 is 4.74 Å². The van der Waals surface area contributed by atoms with Gasteiger partial charge in [0, 0.05) is 6.42 Å². The van der Waals surface area contributed by atoms with E-state index in [9.17, 15) is 4.79 Å². The number of fused-ring (bicyclic) bond motifs is 5. The van der Waals surface area contributed by atoms with Crippen molar-refractivity contribution in [3.8, 4) is 0 Å². The van der Waals surface area contributed by atoms with Crippen LogP contribution in [0.3, 0.4) is 0 Å². The first kappa shape index (κ1) is 29.6. The minimum atomic E-state index is -0.123. The van der Waals surface area contributed by atoms with Crippen LogP contribution in [0.5, 0.6) is 0 Å². The molecule has 0 unspecified atom stereocenters. The molecule has 0 amide bonds. The first-order valence-corrected chi connectivity index (χ1v) is 17.4. The highest BCUT2D eigenvalue weighted by molar-refractivity contribution is 14.1. The van der Waals surface area contributed by atoms with Crippen molar-refractivity contribution in [3.05, 3.63) is 47.5 Å². The Bertz CT molecular complexity index is 1020. The van der Waals surface area contributed by atoms with Crippen molar-refractivity contribution in [1.29, 1.82) is 0 Å². The van der Waals surface area contributed by atoms with E-state index in [1.54, 1.807) is 5.57 Å². The highest BCUT2D eigenvalue weighted by atomic mass is 127. The largest absolute Gasteiger partial charge is 0.461 e. The molecule has 0 N–H and O–H groups in total. The Kier molecular flexibility index (Phi) is 9.26. The molecule has 0 heterocycles. The van der Waals surface area contributed by atoms with Crippen molar-refractivity contribution in [3.63, 3.8) is 0 Å². The minimum absolute atomic E-state index is 0.0321. The van der Waals surface area contributed by atoms with Crippen molar-refractivity contribution in [2.45, 2.75) is 122 Å². The van der Waals surface area contributed by atoms with Gasteiger partial charge in [-0.05, 0) is 103 Å². The molecule has 0 bridgehead atoms. The van der Waals surface area contributed by atoms with Crippen molar-refractivity contribution in [2.75, 3.05) is 0 Å². The SMILES string of the molecule is CC(C)CCC[C@H](C)[C@H]1CC[C@H]2[C@@H]3CC=C4C[C@@H](OC(=O)[C@H](I)Cc5ccccc5)CC[C@]4(C)[C@H]3CC[C@]12C. The molecule has 0 aliphatic heterocycles. The third kappa shape index (κ3) is 6.05. The molecule has 3 heteroatoms. The lowest BCUT2D eigenvalue weighted by molar-refractivity contribution is -0.150. The lowest BCUT2D eigenvalue weighted by Crippen LogP contribution is -2.51. The van der Waals surface area contributed by atoms with Crippen LogP contribution in [0.4, 0.5) is 0 Å². The monoisotopic (exact) mass is 644 g/mol. The van der Waals surface area contributed by atoms with Crippen LogP contribution >= 0.6 is 22.6 Å². The fourth-order valence-corrected chi connectivity index (χ4v) is 10.6. The van der Waals surface area contributed by atoms with Gasteiger partial charge in [-0.3, -0.25) is 4.79 Å². The number of alkyl halides is 1. The van der Waals surface area contributed by atoms with Crippen LogP contribution < -0.4 is 0 Å². The molecule has 1 aromatic rings. The van der Waals surface area contributed by atoms with Gasteiger partial charge in [-0.2, -0.15) is 0 Å². The number of hydrogen-bond donors (Lipinski definition) is 0. The van der Waals surface area contributed by atoms with E-state index in [0.717, 1.165) is 54.8 Å². The maximum atomic E-state index is 13.0. The molecule has 4 aliphatic carbocycles. The van der Waals surface area contributed by atoms with Crippen LogP contribution in [0.1, 0.15) is 111 Å². The van der Waals surface area contributed by atoms with Crippen LogP contribution in [0.15, 0.2) is 42.0 Å². The highest BCUT2D eigenvalue weighted by Gasteiger charge is 2.59. The van der Waals surface area contributed by atoms with Crippen LogP contribution in [0.25, 0.3) is 0 Å². The summed E-state index contributed by atoms with van der Waals surface area (Å²) < 4.78 is 6.02. The molecule has 2 nitrogen and oxygen atoms in total. The third-order valence-electron chi connectivity index (χ3n) is 12.1. The second kappa shape index (κ2) is 12.2. The van der Waals surface area contributed by atoms with Crippen LogP contribution in [0.2, 0.25) is 0 Å². The molecule has 216 valence electrons. The second-order valence-electron chi connectivity index (χ2n) is 14.7. The zero-order valence-corrected chi connectivity index (χ0v) is 27.4. The van der Waals surface area contributed by atoms with Crippen molar-refractivity contribution >= 4 is 28.6 Å². The zero-order valence-electron chi connectivity index (χ0n) is 25.3. The van der Waals surface area contributed by atoms with Crippen molar-refractivity contribution < 1.29 is 9.53 Å². The van der Waals surface area contributed by atoms with Gasteiger partial charge in [-0.1, -0.05) is 118 Å². The highest BCUT2D eigenvalue weighted by Crippen LogP contribution is 2.67. The number of ether oxygens (including phenoxy) is 1. The number of carbonyl (C=O) groups is 1. The van der Waals surface area contributed by atoms with Gasteiger partial charge in [0.1, 0.15) is 10.0 Å². The van der Waals surface area contributed by atoms with E-state index < -0.39 is 0 Å². The molecule has 3 saturated carbocycles. The Morgan fingerprint density at radius 2 is 1.77 bits per heavy atom. The third-order valence-corrected chi connectivity index (χ3v) is 13.0. The molecule has 0 aromatic heterocycles. The van der Waals surface area contributed by atoms with E-state index in [0.29, 0.717) is 10.8 Å². The molecular formula is C36H53IO2. The lowest BCUT2D eigenvalue weighted by Gasteiger charge is -2.58. The summed E-state index contributed by atoms with van der Waals surface area (Å²) in [4.78, 5) is 13.0. The van der Waals surface area contributed by atoms with E-state index in [2.05, 4.69) is 75.4 Å². The number of allylic oxidation sites excluding steroid dienone is 1. The number of hydrogen-bond acceptors (Lipinski definition) is 2. The van der Waals surface area contributed by atoms with Crippen molar-refractivity contribution in [2.24, 2.45) is 46.3 Å². The summed E-state index contributed by atoms with van der Waals surface area (Å²) in [7, 11) is 0. The summed E-state index contributed by atoms with van der Waals surface area (Å²) in [5.41, 5.74) is 3.67. The molecular weight excluding hydrogens is 591 g/mol. The summed E-state index contributed by atoms with van der Waals surface area (Å²) in [6.45, 7) is 12.6. The Morgan fingerprint density at radius 1 is 1.00 bits per heavy atom. The summed E-state index contributed by atoms with van der Waals surface area (Å²) in [6, 6.07) is 10.3. The predicted octanol–water partition coefficient (Wildman–Crippen LogP) is 9.99. The first-order chi connectivity index (χ1) is 18.6. The molecule has 4 aliphatic rings. The molecule has 0 spiro atoms. The number of esters is 1. The number of halogens is 1. The van der Waals surface area contributed by atoms with Crippen LogP contribution in [0, 0.1) is 46.3 Å². The zero-order chi connectivity index (χ0) is 27.8. The fraction of sp³-hybridized carbons (Fsp3) is 0.750. The minimum Gasteiger partial charge on any atom is -0.461 e. The molecule has 0 radical (unpaired) electrons. The molecule has 9 atom stereocenters. The Hall–Kier alpha value is -0.840. The Morgan fingerprint density at radius 3 is 2.51 bits per heavy atom. The number of carbonyl (C=O) groups excluding carboxylic acids is 1. The standard InChI is InChI=1S/C36H53IO2/c1-24(2)10-9-11-25(3)30-16-17-31-29-15-14-27-23-28(18-20-35(27,4)32(29)19-21-36(30,31)5)39-34(38)33(37)22-26-12-7-6-8-13-26/h6-8,12-14,24-25,28-33H,9-11,15-23H2,1-5H3/t25-,28-,29-,30+,31-,32-,33+,35-,36+/m0/s1. The van der Waals surface area contributed by atoms with Gasteiger partial charge in [0.15, 0.2) is 0 Å². The smallest absolute Gasteiger partial charge is 0.319 e. The van der Waals surface area contributed by atoms with E-state index in [1.807, 2.05) is 18.2 Å². The van der Waals surface area contributed by atoms with Crippen LogP contribution in [-0.4, -0.2) is 16.0 Å². The van der Waals surface area contributed by atoms with E-state index >= 15 is 0 Å². The van der Waals surface area contributed by atoms with Gasteiger partial charge >= 0.3 is 5.97 Å². The summed E-state index contributed by atoms with van der Waals surface area (Å²) in [6.07, 6.45) is 17.8. The summed E-state index contributed by atoms with van der Waals surface area (Å²) >= 11 is 2.27. The van der Waals surface area contributed by atoms with Gasteiger partial charge in [0.2, 0.25) is 0 Å². The summed E-state index contributed by atoms with van der Waals surface area (Å²) in [5, 5.41) is 0.